The molecule has 3 heteroatoms. The van der Waals surface area contributed by atoms with Crippen LogP contribution in [0.2, 0.25) is 0 Å². The molecule has 0 unspecified atom stereocenters. The third-order valence-corrected chi connectivity index (χ3v) is 3.11. The number of aliphatic imine (C=N–C) groups is 1. The van der Waals surface area contributed by atoms with Crippen LogP contribution in [0.3, 0.4) is 0 Å². The van der Waals surface area contributed by atoms with Gasteiger partial charge in [-0.25, -0.2) is 0 Å². The average molecular weight is 183 g/mol. The Morgan fingerprint density at radius 3 is 2.54 bits per heavy atom. The van der Waals surface area contributed by atoms with Crippen LogP contribution in [0.4, 0.5) is 0 Å². The summed E-state index contributed by atoms with van der Waals surface area (Å²) in [4.78, 5) is 4.36. The zero-order chi connectivity index (χ0) is 9.73. The third kappa shape index (κ3) is 2.61. The van der Waals surface area contributed by atoms with Crippen molar-refractivity contribution in [3.05, 3.63) is 0 Å². The molecule has 1 aliphatic rings. The molecule has 1 aliphatic carbocycles. The Morgan fingerprint density at radius 1 is 1.46 bits per heavy atom. The van der Waals surface area contributed by atoms with Crippen LogP contribution < -0.4 is 11.1 Å². The highest BCUT2D eigenvalue weighted by Gasteiger charge is 2.34. The predicted molar refractivity (Wildman–Crippen MR) is 56.7 cm³/mol. The van der Waals surface area contributed by atoms with Crippen molar-refractivity contribution >= 4 is 5.96 Å². The topological polar surface area (TPSA) is 50.4 Å². The van der Waals surface area contributed by atoms with Crippen molar-refractivity contribution in [2.75, 3.05) is 13.1 Å². The highest BCUT2D eigenvalue weighted by molar-refractivity contribution is 5.77. The SMILES string of the molecule is CCNC(N)=NCC1(CC)CCC1. The second kappa shape index (κ2) is 4.49. The Hall–Kier alpha value is -0.730. The molecule has 1 fully saturated rings. The maximum Gasteiger partial charge on any atom is 0.188 e. The van der Waals surface area contributed by atoms with E-state index < -0.39 is 0 Å². The fourth-order valence-corrected chi connectivity index (χ4v) is 1.79. The van der Waals surface area contributed by atoms with Crippen LogP contribution in [-0.4, -0.2) is 19.0 Å². The van der Waals surface area contributed by atoms with E-state index in [9.17, 15) is 0 Å². The van der Waals surface area contributed by atoms with E-state index in [2.05, 4.69) is 17.2 Å². The molecule has 0 spiro atoms. The second-order valence-electron chi connectivity index (χ2n) is 3.94. The number of nitrogens with one attached hydrogen (secondary N) is 1. The van der Waals surface area contributed by atoms with Gasteiger partial charge in [-0.3, -0.25) is 4.99 Å². The largest absolute Gasteiger partial charge is 0.370 e. The molecule has 13 heavy (non-hydrogen) atoms. The standard InChI is InChI=1S/C10H21N3/c1-3-10(6-5-7-10)8-13-9(11)12-4-2/h3-8H2,1-2H3,(H3,11,12,13). The normalized spacial score (nSPS) is 20.9. The van der Waals surface area contributed by atoms with Crippen molar-refractivity contribution in [1.29, 1.82) is 0 Å². The van der Waals surface area contributed by atoms with Crippen LogP contribution in [0.15, 0.2) is 4.99 Å². The first kappa shape index (κ1) is 10.4. The number of hydrogen-bond acceptors (Lipinski definition) is 1. The van der Waals surface area contributed by atoms with Gasteiger partial charge in [0.25, 0.3) is 0 Å². The molecular formula is C10H21N3. The summed E-state index contributed by atoms with van der Waals surface area (Å²) in [5, 5.41) is 3.02. The minimum Gasteiger partial charge on any atom is -0.370 e. The lowest BCUT2D eigenvalue weighted by Crippen LogP contribution is -2.36. The molecule has 0 aromatic carbocycles. The Bertz CT molecular complexity index is 177. The van der Waals surface area contributed by atoms with Crippen LogP contribution in [0, 0.1) is 5.41 Å². The fraction of sp³-hybridized carbons (Fsp3) is 0.900. The van der Waals surface area contributed by atoms with Crippen LogP contribution >= 0.6 is 0 Å². The molecule has 1 rings (SSSR count). The molecule has 0 bridgehead atoms. The van der Waals surface area contributed by atoms with Gasteiger partial charge in [-0.05, 0) is 31.6 Å². The quantitative estimate of drug-likeness (QED) is 0.512. The van der Waals surface area contributed by atoms with E-state index in [1.54, 1.807) is 0 Å². The summed E-state index contributed by atoms with van der Waals surface area (Å²) in [6, 6.07) is 0. The molecule has 1 saturated carbocycles. The fourth-order valence-electron chi connectivity index (χ4n) is 1.79. The Morgan fingerprint density at radius 2 is 2.15 bits per heavy atom. The number of nitrogens with two attached hydrogens (primary N) is 1. The van der Waals surface area contributed by atoms with Crippen LogP contribution in [-0.2, 0) is 0 Å². The molecule has 0 aromatic heterocycles. The lowest BCUT2D eigenvalue weighted by molar-refractivity contribution is 0.139. The summed E-state index contributed by atoms with van der Waals surface area (Å²) in [7, 11) is 0. The van der Waals surface area contributed by atoms with Gasteiger partial charge >= 0.3 is 0 Å². The smallest absolute Gasteiger partial charge is 0.188 e. The van der Waals surface area contributed by atoms with E-state index >= 15 is 0 Å². The van der Waals surface area contributed by atoms with Crippen molar-refractivity contribution in [2.24, 2.45) is 16.1 Å². The van der Waals surface area contributed by atoms with Gasteiger partial charge in [0.1, 0.15) is 0 Å². The highest BCUT2D eigenvalue weighted by Crippen LogP contribution is 2.43. The zero-order valence-corrected chi connectivity index (χ0v) is 8.77. The lowest BCUT2D eigenvalue weighted by Gasteiger charge is -2.40. The summed E-state index contributed by atoms with van der Waals surface area (Å²) in [6.45, 7) is 6.04. The molecule has 0 radical (unpaired) electrons. The van der Waals surface area contributed by atoms with Crippen molar-refractivity contribution in [3.63, 3.8) is 0 Å². The number of hydrogen-bond donors (Lipinski definition) is 2. The summed E-state index contributed by atoms with van der Waals surface area (Å²) in [5.41, 5.74) is 6.15. The Balaban J connectivity index is 2.34. The van der Waals surface area contributed by atoms with Crippen molar-refractivity contribution in [1.82, 2.24) is 5.32 Å². The molecule has 3 nitrogen and oxygen atoms in total. The maximum absolute atomic E-state index is 5.66. The number of rotatable bonds is 4. The minimum atomic E-state index is 0.486. The van der Waals surface area contributed by atoms with Crippen LogP contribution in [0.25, 0.3) is 0 Å². The number of nitrogens with zero attached hydrogens (tertiary/aromatic N) is 1. The second-order valence-corrected chi connectivity index (χ2v) is 3.94. The predicted octanol–water partition coefficient (Wildman–Crippen LogP) is 1.49. The first-order valence-electron chi connectivity index (χ1n) is 5.26. The van der Waals surface area contributed by atoms with E-state index in [0.29, 0.717) is 11.4 Å². The molecular weight excluding hydrogens is 162 g/mol. The van der Waals surface area contributed by atoms with Crippen molar-refractivity contribution in [2.45, 2.75) is 39.5 Å². The molecule has 0 aliphatic heterocycles. The molecule has 76 valence electrons. The van der Waals surface area contributed by atoms with Gasteiger partial charge in [-0.15, -0.1) is 0 Å². The average Bonchev–Trinajstić information content (AvgIpc) is 2.04. The van der Waals surface area contributed by atoms with Gasteiger partial charge in [0, 0.05) is 13.1 Å². The molecule has 0 heterocycles. The molecule has 0 amide bonds. The minimum absolute atomic E-state index is 0.486. The van der Waals surface area contributed by atoms with E-state index in [4.69, 9.17) is 5.73 Å². The first-order valence-corrected chi connectivity index (χ1v) is 5.26. The summed E-state index contributed by atoms with van der Waals surface area (Å²) in [5.74, 6) is 0.599. The summed E-state index contributed by atoms with van der Waals surface area (Å²) >= 11 is 0. The van der Waals surface area contributed by atoms with Gasteiger partial charge in [-0.2, -0.15) is 0 Å². The van der Waals surface area contributed by atoms with Gasteiger partial charge in [0.2, 0.25) is 0 Å². The highest BCUT2D eigenvalue weighted by atomic mass is 15.1. The van der Waals surface area contributed by atoms with Crippen LogP contribution in [0.1, 0.15) is 39.5 Å². The Labute approximate surface area is 80.8 Å². The van der Waals surface area contributed by atoms with Crippen LogP contribution in [0.5, 0.6) is 0 Å². The van der Waals surface area contributed by atoms with Gasteiger partial charge < -0.3 is 11.1 Å². The van der Waals surface area contributed by atoms with E-state index in [1.807, 2.05) is 6.92 Å². The number of guanidine groups is 1. The van der Waals surface area contributed by atoms with E-state index in [-0.39, 0.29) is 0 Å². The van der Waals surface area contributed by atoms with Crippen molar-refractivity contribution in [3.8, 4) is 0 Å². The summed E-state index contributed by atoms with van der Waals surface area (Å²) in [6.07, 6.45) is 5.25. The molecule has 0 atom stereocenters. The monoisotopic (exact) mass is 183 g/mol. The van der Waals surface area contributed by atoms with E-state index in [0.717, 1.165) is 13.1 Å². The molecule has 3 N–H and O–H groups in total. The lowest BCUT2D eigenvalue weighted by atomic mass is 9.67. The summed E-state index contributed by atoms with van der Waals surface area (Å²) < 4.78 is 0. The molecule has 0 aromatic rings. The van der Waals surface area contributed by atoms with Gasteiger partial charge in [-0.1, -0.05) is 13.3 Å². The first-order chi connectivity index (χ1) is 6.22. The van der Waals surface area contributed by atoms with Crippen molar-refractivity contribution < 1.29 is 0 Å². The molecule has 0 saturated heterocycles. The van der Waals surface area contributed by atoms with Gasteiger partial charge in [0.05, 0.1) is 0 Å². The van der Waals surface area contributed by atoms with Gasteiger partial charge in [0.15, 0.2) is 5.96 Å². The van der Waals surface area contributed by atoms with E-state index in [1.165, 1.54) is 25.7 Å². The maximum atomic E-state index is 5.66. The Kier molecular flexibility index (Phi) is 3.58. The third-order valence-electron chi connectivity index (χ3n) is 3.11. The zero-order valence-electron chi connectivity index (χ0n) is 8.77.